The second kappa shape index (κ2) is 5.73. The van der Waals surface area contributed by atoms with E-state index in [-0.39, 0.29) is 9.77 Å². The molecular formula is C15H18N2O3S2. The number of nitrogens with zero attached hydrogens (tertiary/aromatic N) is 1. The van der Waals surface area contributed by atoms with Crippen molar-refractivity contribution in [3.63, 3.8) is 0 Å². The van der Waals surface area contributed by atoms with Crippen molar-refractivity contribution in [3.8, 4) is 0 Å². The van der Waals surface area contributed by atoms with Crippen LogP contribution in [0.15, 0.2) is 28.5 Å². The fourth-order valence-corrected chi connectivity index (χ4v) is 5.02. The largest absolute Gasteiger partial charge is 0.365 e. The number of hydrogen-bond donors (Lipinski definition) is 1. The van der Waals surface area contributed by atoms with E-state index >= 15 is 0 Å². The number of rotatable bonds is 4. The van der Waals surface area contributed by atoms with Crippen molar-refractivity contribution < 1.29 is 13.2 Å². The van der Waals surface area contributed by atoms with E-state index in [1.165, 1.54) is 7.05 Å². The second-order valence-electron chi connectivity index (χ2n) is 5.20. The number of carbonyl (C=O) groups is 1. The van der Waals surface area contributed by atoms with Crippen molar-refractivity contribution in [1.29, 1.82) is 0 Å². The maximum atomic E-state index is 12.9. The van der Waals surface area contributed by atoms with Gasteiger partial charge in [0.25, 0.3) is 15.9 Å². The molecular weight excluding hydrogens is 320 g/mol. The third-order valence-corrected chi connectivity index (χ3v) is 6.43. The third-order valence-electron chi connectivity index (χ3n) is 3.43. The number of aryl methyl sites for hydroxylation is 3. The Labute approximate surface area is 134 Å². The lowest BCUT2D eigenvalue weighted by Gasteiger charge is -2.22. The van der Waals surface area contributed by atoms with Gasteiger partial charge in [-0.05, 0) is 43.3 Å². The van der Waals surface area contributed by atoms with E-state index in [0.717, 1.165) is 21.2 Å². The molecule has 0 radical (unpaired) electrons. The fourth-order valence-electron chi connectivity index (χ4n) is 2.57. The first kappa shape index (κ1) is 16.5. The maximum Gasteiger partial charge on any atom is 0.264 e. The molecule has 1 amide bonds. The van der Waals surface area contributed by atoms with Gasteiger partial charge in [-0.25, -0.2) is 8.42 Å². The van der Waals surface area contributed by atoms with Crippen LogP contribution in [-0.4, -0.2) is 21.4 Å². The predicted octanol–water partition coefficient (Wildman–Crippen LogP) is 2.60. The maximum absolute atomic E-state index is 12.9. The first-order valence-corrected chi connectivity index (χ1v) is 8.92. The van der Waals surface area contributed by atoms with Crippen LogP contribution in [0.1, 0.15) is 26.4 Å². The van der Waals surface area contributed by atoms with Gasteiger partial charge in [-0.2, -0.15) is 0 Å². The normalized spacial score (nSPS) is 11.5. The summed E-state index contributed by atoms with van der Waals surface area (Å²) in [5.41, 5.74) is 7.98. The van der Waals surface area contributed by atoms with E-state index in [2.05, 4.69) is 0 Å². The predicted molar refractivity (Wildman–Crippen MR) is 89.1 cm³/mol. The average molecular weight is 338 g/mol. The molecule has 0 bridgehead atoms. The Hall–Kier alpha value is -1.86. The van der Waals surface area contributed by atoms with Crippen molar-refractivity contribution >= 4 is 33.0 Å². The lowest BCUT2D eigenvalue weighted by atomic mass is 10.1. The summed E-state index contributed by atoms with van der Waals surface area (Å²) >= 11 is 1.13. The van der Waals surface area contributed by atoms with Crippen LogP contribution in [0.5, 0.6) is 0 Å². The molecule has 0 saturated heterocycles. The van der Waals surface area contributed by atoms with Crippen LogP contribution < -0.4 is 10.0 Å². The molecule has 0 aliphatic rings. The molecule has 1 aromatic heterocycles. The summed E-state index contributed by atoms with van der Waals surface area (Å²) in [5, 5.41) is 1.65. The van der Waals surface area contributed by atoms with E-state index in [1.807, 2.05) is 19.1 Å². The third kappa shape index (κ3) is 2.74. The van der Waals surface area contributed by atoms with E-state index in [9.17, 15) is 13.2 Å². The van der Waals surface area contributed by atoms with E-state index < -0.39 is 15.9 Å². The lowest BCUT2D eigenvalue weighted by molar-refractivity contribution is 0.100. The number of carbonyl (C=O) groups excluding carboxylic acids is 1. The number of amides is 1. The molecule has 2 aromatic rings. The minimum Gasteiger partial charge on any atom is -0.365 e. The molecule has 1 heterocycles. The van der Waals surface area contributed by atoms with Gasteiger partial charge in [0.05, 0.1) is 10.6 Å². The van der Waals surface area contributed by atoms with Crippen molar-refractivity contribution in [2.45, 2.75) is 25.7 Å². The van der Waals surface area contributed by atoms with Crippen molar-refractivity contribution in [3.05, 3.63) is 45.1 Å². The standard InChI is InChI=1S/C15H18N2O3S2/c1-9-7-10(2)14(11(3)8-9)22(19,20)17(4)12-5-6-21-13(12)15(16)18/h5-8H,1-4H3,(H2,16,18). The summed E-state index contributed by atoms with van der Waals surface area (Å²) in [4.78, 5) is 11.9. The summed E-state index contributed by atoms with van der Waals surface area (Å²) < 4.78 is 27.0. The molecule has 2 N–H and O–H groups in total. The van der Waals surface area contributed by atoms with Gasteiger partial charge in [-0.1, -0.05) is 17.7 Å². The van der Waals surface area contributed by atoms with Crippen LogP contribution in [0.3, 0.4) is 0 Å². The highest BCUT2D eigenvalue weighted by Crippen LogP contribution is 2.32. The zero-order valence-electron chi connectivity index (χ0n) is 12.9. The van der Waals surface area contributed by atoms with Gasteiger partial charge in [0, 0.05) is 7.05 Å². The highest BCUT2D eigenvalue weighted by Gasteiger charge is 2.28. The Kier molecular flexibility index (Phi) is 4.30. The molecule has 0 aliphatic heterocycles. The molecule has 0 spiro atoms. The quantitative estimate of drug-likeness (QED) is 0.930. The molecule has 22 heavy (non-hydrogen) atoms. The minimum atomic E-state index is -3.76. The first-order valence-electron chi connectivity index (χ1n) is 6.60. The topological polar surface area (TPSA) is 80.5 Å². The van der Waals surface area contributed by atoms with E-state index in [4.69, 9.17) is 5.73 Å². The molecule has 7 heteroatoms. The Morgan fingerprint density at radius 2 is 1.73 bits per heavy atom. The molecule has 0 aliphatic carbocycles. The number of anilines is 1. The number of nitrogens with two attached hydrogens (primary N) is 1. The summed E-state index contributed by atoms with van der Waals surface area (Å²) in [6.07, 6.45) is 0. The summed E-state index contributed by atoms with van der Waals surface area (Å²) in [6.45, 7) is 5.46. The molecule has 0 atom stereocenters. The lowest BCUT2D eigenvalue weighted by Crippen LogP contribution is -2.29. The van der Waals surface area contributed by atoms with Crippen LogP contribution in [0.4, 0.5) is 5.69 Å². The van der Waals surface area contributed by atoms with Crippen LogP contribution in [0.2, 0.25) is 0 Å². The van der Waals surface area contributed by atoms with Crippen LogP contribution in [0.25, 0.3) is 0 Å². The monoisotopic (exact) mass is 338 g/mol. The van der Waals surface area contributed by atoms with Crippen molar-refractivity contribution in [2.24, 2.45) is 5.73 Å². The molecule has 5 nitrogen and oxygen atoms in total. The smallest absolute Gasteiger partial charge is 0.264 e. The van der Waals surface area contributed by atoms with Gasteiger partial charge >= 0.3 is 0 Å². The molecule has 118 valence electrons. The summed E-state index contributed by atoms with van der Waals surface area (Å²) in [7, 11) is -2.33. The number of benzene rings is 1. The number of sulfonamides is 1. The van der Waals surface area contributed by atoms with Crippen LogP contribution in [0, 0.1) is 20.8 Å². The van der Waals surface area contributed by atoms with Gasteiger partial charge in [0.2, 0.25) is 0 Å². The van der Waals surface area contributed by atoms with E-state index in [0.29, 0.717) is 16.8 Å². The Morgan fingerprint density at radius 1 is 1.18 bits per heavy atom. The molecule has 0 unspecified atom stereocenters. The number of primary amides is 1. The fraction of sp³-hybridized carbons (Fsp3) is 0.267. The molecule has 0 saturated carbocycles. The van der Waals surface area contributed by atoms with Gasteiger partial charge < -0.3 is 5.73 Å². The molecule has 2 rings (SSSR count). The summed E-state index contributed by atoms with van der Waals surface area (Å²) in [5.74, 6) is -0.635. The van der Waals surface area contributed by atoms with E-state index in [1.54, 1.807) is 25.3 Å². The highest BCUT2D eigenvalue weighted by atomic mass is 32.2. The van der Waals surface area contributed by atoms with Gasteiger partial charge in [0.1, 0.15) is 4.88 Å². The Morgan fingerprint density at radius 3 is 2.23 bits per heavy atom. The number of hydrogen-bond acceptors (Lipinski definition) is 4. The Balaban J connectivity index is 2.60. The zero-order chi connectivity index (χ0) is 16.7. The highest BCUT2D eigenvalue weighted by molar-refractivity contribution is 7.93. The first-order chi connectivity index (χ1) is 10.2. The SMILES string of the molecule is Cc1cc(C)c(S(=O)(=O)N(C)c2ccsc2C(N)=O)c(C)c1. The molecule has 0 fully saturated rings. The average Bonchev–Trinajstić information content (AvgIpc) is 2.84. The summed E-state index contributed by atoms with van der Waals surface area (Å²) in [6, 6.07) is 5.24. The van der Waals surface area contributed by atoms with Crippen molar-refractivity contribution in [1.82, 2.24) is 0 Å². The van der Waals surface area contributed by atoms with Gasteiger partial charge in [-0.15, -0.1) is 11.3 Å². The van der Waals surface area contributed by atoms with Crippen LogP contribution in [-0.2, 0) is 10.0 Å². The Bertz CT molecular complexity index is 815. The van der Waals surface area contributed by atoms with Gasteiger partial charge in [0.15, 0.2) is 0 Å². The van der Waals surface area contributed by atoms with Crippen molar-refractivity contribution in [2.75, 3.05) is 11.4 Å². The number of thiophene rings is 1. The van der Waals surface area contributed by atoms with Crippen LogP contribution >= 0.6 is 11.3 Å². The molecule has 1 aromatic carbocycles. The second-order valence-corrected chi connectivity index (χ2v) is 8.02. The minimum absolute atomic E-state index is 0.230. The van der Waals surface area contributed by atoms with Gasteiger partial charge in [-0.3, -0.25) is 9.10 Å². The zero-order valence-corrected chi connectivity index (χ0v) is 14.5.